The summed E-state index contributed by atoms with van der Waals surface area (Å²) in [5.74, 6) is 0. The molecule has 1 aliphatic heterocycles. The van der Waals surface area contributed by atoms with Gasteiger partial charge in [0, 0.05) is 24.4 Å². The molecule has 1 fully saturated rings. The van der Waals surface area contributed by atoms with Gasteiger partial charge >= 0.3 is 12.2 Å². The third-order valence-electron chi connectivity index (χ3n) is 3.67. The molecule has 0 radical (unpaired) electrons. The lowest BCUT2D eigenvalue weighted by molar-refractivity contribution is -0.253. The molecule has 122 valence electrons. The van der Waals surface area contributed by atoms with Gasteiger partial charge in [-0.25, -0.2) is 4.79 Å². The molecule has 0 aromatic heterocycles. The predicted molar refractivity (Wildman–Crippen MR) is 77.7 cm³/mol. The Morgan fingerprint density at radius 1 is 1.41 bits per heavy atom. The molecule has 2 amide bonds. The van der Waals surface area contributed by atoms with Crippen LogP contribution in [0.1, 0.15) is 12.0 Å². The van der Waals surface area contributed by atoms with Crippen LogP contribution < -0.4 is 5.32 Å². The Morgan fingerprint density at radius 2 is 2.05 bits per heavy atom. The van der Waals surface area contributed by atoms with Crippen LogP contribution in [0.3, 0.4) is 0 Å². The number of nitrogens with one attached hydrogen (secondary N) is 1. The summed E-state index contributed by atoms with van der Waals surface area (Å²) < 4.78 is 38.1. The molecule has 0 bridgehead atoms. The Bertz CT molecular complexity index is 536. The van der Waals surface area contributed by atoms with Gasteiger partial charge in [0.1, 0.15) is 0 Å². The van der Waals surface area contributed by atoms with Gasteiger partial charge in [0.05, 0.1) is 6.54 Å². The summed E-state index contributed by atoms with van der Waals surface area (Å²) >= 11 is 1.59. The first kappa shape index (κ1) is 17.0. The number of β-amino-alcohol motifs (C(OH)–C–C–N with tert-alkyl or cyclic N) is 1. The number of hydrogen-bond donors (Lipinski definition) is 2. The van der Waals surface area contributed by atoms with Gasteiger partial charge in [-0.15, -0.1) is 11.8 Å². The van der Waals surface area contributed by atoms with Crippen molar-refractivity contribution in [1.29, 1.82) is 0 Å². The zero-order valence-electron chi connectivity index (χ0n) is 12.0. The lowest BCUT2D eigenvalue weighted by Crippen LogP contribution is -2.49. The number of urea groups is 1. The molecular weight excluding hydrogens is 317 g/mol. The van der Waals surface area contributed by atoms with Crippen LogP contribution in [0.2, 0.25) is 0 Å². The lowest BCUT2D eigenvalue weighted by Gasteiger charge is -2.26. The summed E-state index contributed by atoms with van der Waals surface area (Å²) in [5.41, 5.74) is -1.94. The Balaban J connectivity index is 1.88. The third-order valence-corrected chi connectivity index (χ3v) is 4.41. The second kappa shape index (κ2) is 6.37. The molecule has 1 unspecified atom stereocenters. The Hall–Kier alpha value is -1.41. The second-order valence-corrected chi connectivity index (χ2v) is 6.09. The minimum Gasteiger partial charge on any atom is -0.379 e. The highest BCUT2D eigenvalue weighted by atomic mass is 32.2. The molecule has 0 spiro atoms. The summed E-state index contributed by atoms with van der Waals surface area (Å²) in [5, 5.41) is 12.1. The Kier molecular flexibility index (Phi) is 4.91. The molecule has 1 aromatic rings. The average molecular weight is 334 g/mol. The van der Waals surface area contributed by atoms with E-state index in [-0.39, 0.29) is 13.1 Å². The number of nitrogens with zero attached hydrogens (tertiary/aromatic N) is 1. The van der Waals surface area contributed by atoms with Gasteiger partial charge in [-0.1, -0.05) is 12.1 Å². The zero-order valence-corrected chi connectivity index (χ0v) is 12.8. The van der Waals surface area contributed by atoms with Crippen LogP contribution in [-0.4, -0.2) is 47.2 Å². The number of amides is 2. The molecule has 2 rings (SSSR count). The molecule has 0 aliphatic carbocycles. The van der Waals surface area contributed by atoms with Gasteiger partial charge in [0.15, 0.2) is 5.60 Å². The summed E-state index contributed by atoms with van der Waals surface area (Å²) in [4.78, 5) is 14.0. The van der Waals surface area contributed by atoms with Crippen LogP contribution >= 0.6 is 11.8 Å². The first-order valence-electron chi connectivity index (χ1n) is 6.70. The van der Waals surface area contributed by atoms with Crippen molar-refractivity contribution >= 4 is 17.8 Å². The molecule has 1 aliphatic rings. The van der Waals surface area contributed by atoms with Crippen molar-refractivity contribution in [2.24, 2.45) is 0 Å². The maximum absolute atomic E-state index is 12.7. The van der Waals surface area contributed by atoms with E-state index in [1.165, 1.54) is 0 Å². The smallest absolute Gasteiger partial charge is 0.379 e. The number of hydrogen-bond acceptors (Lipinski definition) is 3. The predicted octanol–water partition coefficient (Wildman–Crippen LogP) is 2.62. The molecule has 1 atom stereocenters. The maximum atomic E-state index is 12.7. The number of alkyl halides is 3. The molecule has 1 aromatic carbocycles. The number of rotatable bonds is 3. The van der Waals surface area contributed by atoms with Gasteiger partial charge in [-0.05, 0) is 24.0 Å². The normalized spacial score (nSPS) is 22.0. The Morgan fingerprint density at radius 3 is 2.55 bits per heavy atom. The van der Waals surface area contributed by atoms with E-state index < -0.39 is 30.8 Å². The fourth-order valence-electron chi connectivity index (χ4n) is 2.23. The highest BCUT2D eigenvalue weighted by Gasteiger charge is 2.57. The highest BCUT2D eigenvalue weighted by Crippen LogP contribution is 2.37. The van der Waals surface area contributed by atoms with Gasteiger partial charge in [-0.3, -0.25) is 0 Å². The van der Waals surface area contributed by atoms with E-state index in [4.69, 9.17) is 0 Å². The first-order chi connectivity index (χ1) is 10.2. The first-order valence-corrected chi connectivity index (χ1v) is 7.92. The molecule has 1 saturated heterocycles. The van der Waals surface area contributed by atoms with Crippen molar-refractivity contribution < 1.29 is 23.1 Å². The molecule has 4 nitrogen and oxygen atoms in total. The van der Waals surface area contributed by atoms with Crippen molar-refractivity contribution in [3.05, 3.63) is 29.8 Å². The molecule has 0 saturated carbocycles. The van der Waals surface area contributed by atoms with Crippen LogP contribution in [0.5, 0.6) is 0 Å². The van der Waals surface area contributed by atoms with Gasteiger partial charge < -0.3 is 15.3 Å². The van der Waals surface area contributed by atoms with E-state index in [0.29, 0.717) is 0 Å². The third kappa shape index (κ3) is 3.67. The Labute approximate surface area is 130 Å². The number of carbonyl (C=O) groups excluding carboxylic acids is 1. The quantitative estimate of drug-likeness (QED) is 0.836. The summed E-state index contributed by atoms with van der Waals surface area (Å²) in [6.45, 7) is -0.616. The van der Waals surface area contributed by atoms with Crippen molar-refractivity contribution in [3.63, 3.8) is 0 Å². The van der Waals surface area contributed by atoms with Gasteiger partial charge in [0.25, 0.3) is 0 Å². The minimum absolute atomic E-state index is 0.118. The molecule has 2 N–H and O–H groups in total. The number of benzene rings is 1. The fraction of sp³-hybridized carbons (Fsp3) is 0.500. The van der Waals surface area contributed by atoms with Crippen LogP contribution in [0.4, 0.5) is 18.0 Å². The molecule has 8 heteroatoms. The van der Waals surface area contributed by atoms with E-state index in [2.05, 4.69) is 5.32 Å². The number of aliphatic hydroxyl groups is 1. The lowest BCUT2D eigenvalue weighted by atomic mass is 10.0. The minimum atomic E-state index is -4.73. The zero-order chi connectivity index (χ0) is 16.4. The van der Waals surface area contributed by atoms with Crippen LogP contribution in [0.25, 0.3) is 0 Å². The second-order valence-electron chi connectivity index (χ2n) is 5.21. The van der Waals surface area contributed by atoms with Crippen LogP contribution in [-0.2, 0) is 6.54 Å². The van der Waals surface area contributed by atoms with E-state index in [9.17, 15) is 23.1 Å². The molecule has 1 heterocycles. The maximum Gasteiger partial charge on any atom is 0.419 e. The van der Waals surface area contributed by atoms with Crippen molar-refractivity contribution in [2.45, 2.75) is 29.6 Å². The average Bonchev–Trinajstić information content (AvgIpc) is 2.89. The monoisotopic (exact) mass is 334 g/mol. The molecule has 22 heavy (non-hydrogen) atoms. The molecular formula is C14H17F3N2O2S. The van der Waals surface area contributed by atoms with E-state index in [1.54, 1.807) is 11.8 Å². The highest BCUT2D eigenvalue weighted by molar-refractivity contribution is 7.98. The number of likely N-dealkylation sites (tertiary alicyclic amines) is 1. The number of thioether (sulfide) groups is 1. The van der Waals surface area contributed by atoms with Crippen LogP contribution in [0, 0.1) is 0 Å². The van der Waals surface area contributed by atoms with E-state index in [0.717, 1.165) is 15.4 Å². The topological polar surface area (TPSA) is 52.6 Å². The number of carbonyl (C=O) groups is 1. The SMILES string of the molecule is CSc1ccc(CNC(=O)N2CCC(O)(C(F)(F)F)C2)cc1. The standard InChI is InChI=1S/C14H17F3N2O2S/c1-22-11-4-2-10(3-5-11)8-18-12(20)19-7-6-13(21,9-19)14(15,16)17/h2-5,21H,6-9H2,1H3,(H,18,20). The fourth-order valence-corrected chi connectivity index (χ4v) is 2.64. The van der Waals surface area contributed by atoms with Crippen molar-refractivity contribution in [1.82, 2.24) is 10.2 Å². The number of halogens is 3. The largest absolute Gasteiger partial charge is 0.419 e. The summed E-state index contributed by atoms with van der Waals surface area (Å²) in [6.07, 6.45) is -3.27. The van der Waals surface area contributed by atoms with Crippen molar-refractivity contribution in [2.75, 3.05) is 19.3 Å². The van der Waals surface area contributed by atoms with E-state index in [1.807, 2.05) is 30.5 Å². The van der Waals surface area contributed by atoms with Crippen molar-refractivity contribution in [3.8, 4) is 0 Å². The van der Waals surface area contributed by atoms with Crippen LogP contribution in [0.15, 0.2) is 29.2 Å². The van der Waals surface area contributed by atoms with Gasteiger partial charge in [0.2, 0.25) is 0 Å². The van der Waals surface area contributed by atoms with E-state index >= 15 is 0 Å². The summed E-state index contributed by atoms with van der Waals surface area (Å²) in [7, 11) is 0. The summed E-state index contributed by atoms with van der Waals surface area (Å²) in [6, 6.07) is 6.91. The van der Waals surface area contributed by atoms with Gasteiger partial charge in [-0.2, -0.15) is 13.2 Å².